The monoisotopic (exact) mass is 418 g/mol. The average molecular weight is 418 g/mol. The van der Waals surface area contributed by atoms with Gasteiger partial charge in [0.25, 0.3) is 16.5 Å². The lowest BCUT2D eigenvalue weighted by Crippen LogP contribution is -2.27. The minimum Gasteiger partial charge on any atom is -0.416 e. The molecule has 0 unspecified atom stereocenters. The molecule has 12 nitrogen and oxygen atoms in total. The maximum atomic E-state index is 12.0. The number of nitrogens with one attached hydrogen (secondary N) is 3. The Hall–Kier alpha value is -3.74. The molecule has 13 heteroatoms. The van der Waals surface area contributed by atoms with Crippen LogP contribution in [0.1, 0.15) is 17.1 Å². The number of carbonyl (C=O) groups is 1. The highest BCUT2D eigenvalue weighted by atomic mass is 32.2. The van der Waals surface area contributed by atoms with Gasteiger partial charge in [-0.15, -0.1) is 10.2 Å². The number of amides is 1. The summed E-state index contributed by atoms with van der Waals surface area (Å²) in [6.07, 6.45) is 0.0192. The molecule has 0 spiro atoms. The molecule has 3 rings (SSSR count). The molecule has 150 valence electrons. The lowest BCUT2D eigenvalue weighted by Gasteiger charge is -2.03. The largest absolute Gasteiger partial charge is 0.416 e. The molecule has 1 amide bonds. The Balaban J connectivity index is 1.59. The third kappa shape index (κ3) is 5.16. The first-order valence-electron chi connectivity index (χ1n) is 8.13. The van der Waals surface area contributed by atoms with Crippen LogP contribution in [0, 0.1) is 17.0 Å². The van der Waals surface area contributed by atoms with Crippen molar-refractivity contribution in [3.05, 3.63) is 72.4 Å². The highest BCUT2D eigenvalue weighted by Crippen LogP contribution is 2.20. The summed E-state index contributed by atoms with van der Waals surface area (Å²) >= 11 is 0.971. The van der Waals surface area contributed by atoms with E-state index in [4.69, 9.17) is 4.42 Å². The summed E-state index contributed by atoms with van der Waals surface area (Å²) in [5, 5.41) is 21.0. The van der Waals surface area contributed by atoms with Crippen LogP contribution in [-0.2, 0) is 11.2 Å². The molecule has 2 heterocycles. The summed E-state index contributed by atoms with van der Waals surface area (Å²) in [6.45, 7) is 1.58. The van der Waals surface area contributed by atoms with E-state index >= 15 is 0 Å². The summed E-state index contributed by atoms with van der Waals surface area (Å²) in [7, 11) is 0. The Morgan fingerprint density at radius 2 is 2.10 bits per heavy atom. The molecule has 0 saturated carbocycles. The van der Waals surface area contributed by atoms with Crippen LogP contribution >= 0.6 is 11.8 Å². The van der Waals surface area contributed by atoms with Crippen LogP contribution in [0.5, 0.6) is 0 Å². The first kappa shape index (κ1) is 20.0. The van der Waals surface area contributed by atoms with Gasteiger partial charge in [0.05, 0.1) is 17.1 Å². The number of rotatable bonds is 7. The van der Waals surface area contributed by atoms with Gasteiger partial charge in [-0.05, 0) is 13.0 Å². The molecular formula is C16H14N6O6S. The Bertz CT molecular complexity index is 1180. The minimum atomic E-state index is -0.604. The maximum Gasteiger partial charge on any atom is 0.325 e. The standard InChI is InChI=1S/C16H14N6O6S/c1-8-11(14(24)19-15(25)17-8)6-13-20-21-16(28-13)29-7-12(23)18-9-3-2-4-10(5-9)22(26)27/h2-5H,6-7H2,1H3,(H,18,23)(H2,17,19,24,25). The van der Waals surface area contributed by atoms with Crippen molar-refractivity contribution < 1.29 is 14.1 Å². The number of non-ortho nitro benzene ring substituents is 1. The van der Waals surface area contributed by atoms with E-state index in [1.807, 2.05) is 0 Å². The number of carbonyl (C=O) groups excluding carboxylic acids is 1. The number of nitro benzene ring substituents is 1. The summed E-state index contributed by atoms with van der Waals surface area (Å²) in [6, 6.07) is 5.56. The van der Waals surface area contributed by atoms with E-state index in [0.717, 1.165) is 11.8 Å². The molecule has 1 aromatic carbocycles. The Labute approximate surface area is 165 Å². The van der Waals surface area contributed by atoms with E-state index in [1.54, 1.807) is 6.92 Å². The van der Waals surface area contributed by atoms with Crippen LogP contribution in [0.25, 0.3) is 0 Å². The fourth-order valence-corrected chi connectivity index (χ4v) is 2.96. The normalized spacial score (nSPS) is 10.7. The van der Waals surface area contributed by atoms with Crippen molar-refractivity contribution in [1.29, 1.82) is 0 Å². The van der Waals surface area contributed by atoms with E-state index < -0.39 is 22.1 Å². The SMILES string of the molecule is Cc1[nH]c(=O)[nH]c(=O)c1Cc1nnc(SCC(=O)Nc2cccc([N+](=O)[O-])c2)o1. The first-order valence-corrected chi connectivity index (χ1v) is 9.12. The number of aromatic amines is 2. The van der Waals surface area contributed by atoms with Gasteiger partial charge < -0.3 is 14.7 Å². The number of nitrogens with zero attached hydrogens (tertiary/aromatic N) is 3. The number of H-pyrrole nitrogens is 2. The van der Waals surface area contributed by atoms with Crippen molar-refractivity contribution in [2.75, 3.05) is 11.1 Å². The average Bonchev–Trinajstić information content (AvgIpc) is 3.11. The predicted molar refractivity (Wildman–Crippen MR) is 102 cm³/mol. The van der Waals surface area contributed by atoms with Gasteiger partial charge >= 0.3 is 5.69 Å². The molecule has 0 bridgehead atoms. The van der Waals surface area contributed by atoms with Gasteiger partial charge in [-0.25, -0.2) is 4.79 Å². The van der Waals surface area contributed by atoms with Crippen molar-refractivity contribution in [3.8, 4) is 0 Å². The fraction of sp³-hybridized carbons (Fsp3) is 0.188. The molecule has 29 heavy (non-hydrogen) atoms. The third-order valence-corrected chi connectivity index (χ3v) is 4.52. The Kier molecular flexibility index (Phi) is 5.87. The number of nitro groups is 1. The van der Waals surface area contributed by atoms with E-state index in [1.165, 1.54) is 24.3 Å². The lowest BCUT2D eigenvalue weighted by molar-refractivity contribution is -0.384. The zero-order chi connectivity index (χ0) is 21.0. The van der Waals surface area contributed by atoms with Crippen LogP contribution in [0.4, 0.5) is 11.4 Å². The van der Waals surface area contributed by atoms with Crippen LogP contribution < -0.4 is 16.6 Å². The summed E-state index contributed by atoms with van der Waals surface area (Å²) in [5.41, 5.74) is -0.313. The van der Waals surface area contributed by atoms with Gasteiger partial charge in [-0.1, -0.05) is 17.8 Å². The molecule has 2 aromatic heterocycles. The van der Waals surface area contributed by atoms with Crippen molar-refractivity contribution in [2.45, 2.75) is 18.6 Å². The summed E-state index contributed by atoms with van der Waals surface area (Å²) in [5.74, 6) is -0.335. The minimum absolute atomic E-state index is 0.0192. The third-order valence-electron chi connectivity index (χ3n) is 3.70. The van der Waals surface area contributed by atoms with Crippen molar-refractivity contribution >= 4 is 29.0 Å². The quantitative estimate of drug-likeness (QED) is 0.287. The number of hydrogen-bond acceptors (Lipinski definition) is 9. The Morgan fingerprint density at radius 1 is 1.31 bits per heavy atom. The number of thioether (sulfide) groups is 1. The summed E-state index contributed by atoms with van der Waals surface area (Å²) in [4.78, 5) is 49.9. The number of aromatic nitrogens is 4. The second-order valence-corrected chi connectivity index (χ2v) is 6.72. The van der Waals surface area contributed by atoms with Gasteiger partial charge in [-0.2, -0.15) is 0 Å². The van der Waals surface area contributed by atoms with Crippen LogP contribution in [0.2, 0.25) is 0 Å². The zero-order valence-electron chi connectivity index (χ0n) is 14.9. The maximum absolute atomic E-state index is 12.0. The molecule has 0 aliphatic rings. The number of anilines is 1. The second-order valence-electron chi connectivity index (χ2n) is 5.79. The highest BCUT2D eigenvalue weighted by Gasteiger charge is 2.14. The molecule has 0 atom stereocenters. The predicted octanol–water partition coefficient (Wildman–Crippen LogP) is 0.984. The fourth-order valence-electron chi connectivity index (χ4n) is 2.38. The van der Waals surface area contributed by atoms with Gasteiger partial charge in [-0.3, -0.25) is 24.7 Å². The zero-order valence-corrected chi connectivity index (χ0v) is 15.7. The molecule has 0 fully saturated rings. The van der Waals surface area contributed by atoms with Crippen LogP contribution in [-0.4, -0.2) is 36.7 Å². The smallest absolute Gasteiger partial charge is 0.325 e. The van der Waals surface area contributed by atoms with Gasteiger partial charge in [0.1, 0.15) is 0 Å². The van der Waals surface area contributed by atoms with E-state index in [9.17, 15) is 24.5 Å². The molecule has 3 aromatic rings. The van der Waals surface area contributed by atoms with Crippen LogP contribution in [0.3, 0.4) is 0 Å². The van der Waals surface area contributed by atoms with E-state index in [-0.39, 0.29) is 34.5 Å². The van der Waals surface area contributed by atoms with Gasteiger partial charge in [0.2, 0.25) is 11.8 Å². The van der Waals surface area contributed by atoms with Crippen molar-refractivity contribution in [3.63, 3.8) is 0 Å². The van der Waals surface area contributed by atoms with E-state index in [2.05, 4.69) is 25.5 Å². The molecular weight excluding hydrogens is 404 g/mol. The van der Waals surface area contributed by atoms with Crippen molar-refractivity contribution in [2.24, 2.45) is 0 Å². The number of hydrogen-bond donors (Lipinski definition) is 3. The second kappa shape index (κ2) is 8.52. The lowest BCUT2D eigenvalue weighted by atomic mass is 10.2. The van der Waals surface area contributed by atoms with Crippen LogP contribution in [0.15, 0.2) is 43.5 Å². The van der Waals surface area contributed by atoms with E-state index in [0.29, 0.717) is 11.4 Å². The molecule has 3 N–H and O–H groups in total. The number of aryl methyl sites for hydroxylation is 1. The van der Waals surface area contributed by atoms with Crippen molar-refractivity contribution in [1.82, 2.24) is 20.2 Å². The molecule has 0 aliphatic carbocycles. The number of benzene rings is 1. The molecule has 0 aliphatic heterocycles. The first-order chi connectivity index (χ1) is 13.8. The molecule has 0 radical (unpaired) electrons. The molecule has 0 saturated heterocycles. The van der Waals surface area contributed by atoms with Gasteiger partial charge in [0.15, 0.2) is 0 Å². The van der Waals surface area contributed by atoms with Gasteiger partial charge in [0, 0.05) is 29.1 Å². The highest BCUT2D eigenvalue weighted by molar-refractivity contribution is 7.99. The Morgan fingerprint density at radius 3 is 2.83 bits per heavy atom. The summed E-state index contributed by atoms with van der Waals surface area (Å²) < 4.78 is 5.41. The topological polar surface area (TPSA) is 177 Å².